The van der Waals surface area contributed by atoms with Gasteiger partial charge in [-0.05, 0) is 24.5 Å². The summed E-state index contributed by atoms with van der Waals surface area (Å²) >= 11 is 11.9. The minimum absolute atomic E-state index is 0.0257. The molecule has 0 fully saturated rings. The van der Waals surface area contributed by atoms with E-state index in [2.05, 4.69) is 4.98 Å². The number of aromatic nitrogens is 1. The van der Waals surface area contributed by atoms with Crippen LogP contribution in [0.1, 0.15) is 12.0 Å². The average molecular weight is 298 g/mol. The monoisotopic (exact) mass is 297 g/mol. The molecule has 0 spiro atoms. The molecule has 2 rings (SSSR count). The normalized spacial score (nSPS) is 10.4. The second kappa shape index (κ2) is 6.64. The van der Waals surface area contributed by atoms with E-state index in [1.54, 1.807) is 6.20 Å². The summed E-state index contributed by atoms with van der Waals surface area (Å²) in [4.78, 5) is 4.05. The Morgan fingerprint density at radius 2 is 1.95 bits per heavy atom. The van der Waals surface area contributed by atoms with Crippen LogP contribution in [0.5, 0.6) is 11.5 Å². The van der Waals surface area contributed by atoms with Gasteiger partial charge in [-0.25, -0.2) is 0 Å². The zero-order valence-corrected chi connectivity index (χ0v) is 11.7. The largest absolute Gasteiger partial charge is 0.508 e. The van der Waals surface area contributed by atoms with E-state index in [1.807, 2.05) is 18.3 Å². The van der Waals surface area contributed by atoms with Gasteiger partial charge in [0, 0.05) is 24.5 Å². The molecule has 1 N–H and O–H groups in total. The fourth-order valence-corrected chi connectivity index (χ4v) is 2.27. The maximum Gasteiger partial charge on any atom is 0.156 e. The Labute approximate surface area is 121 Å². The number of phenolic OH excluding ortho intramolecular Hbond substituents is 1. The maximum absolute atomic E-state index is 9.31. The molecule has 0 radical (unpaired) electrons. The van der Waals surface area contributed by atoms with Crippen LogP contribution in [0.3, 0.4) is 0 Å². The predicted molar refractivity (Wildman–Crippen MR) is 76.2 cm³/mol. The molecule has 1 aromatic carbocycles. The first-order valence-electron chi connectivity index (χ1n) is 5.86. The predicted octanol–water partition coefficient (Wildman–Crippen LogP) is 4.11. The van der Waals surface area contributed by atoms with Gasteiger partial charge < -0.3 is 9.84 Å². The van der Waals surface area contributed by atoms with E-state index in [-0.39, 0.29) is 5.75 Å². The van der Waals surface area contributed by atoms with E-state index in [9.17, 15) is 5.11 Å². The Kier molecular flexibility index (Phi) is 4.88. The van der Waals surface area contributed by atoms with Gasteiger partial charge in [0.25, 0.3) is 0 Å². The lowest BCUT2D eigenvalue weighted by molar-refractivity contribution is 0.311. The van der Waals surface area contributed by atoms with E-state index in [4.69, 9.17) is 27.9 Å². The molecule has 0 amide bonds. The highest BCUT2D eigenvalue weighted by Crippen LogP contribution is 2.36. The minimum atomic E-state index is 0.0257. The summed E-state index contributed by atoms with van der Waals surface area (Å²) in [5, 5.41) is 9.93. The third-order valence-electron chi connectivity index (χ3n) is 2.56. The summed E-state index contributed by atoms with van der Waals surface area (Å²) < 4.78 is 5.55. The third-order valence-corrected chi connectivity index (χ3v) is 3.12. The van der Waals surface area contributed by atoms with Gasteiger partial charge in [0.2, 0.25) is 0 Å². The summed E-state index contributed by atoms with van der Waals surface area (Å²) in [5.74, 6) is 0.435. The third kappa shape index (κ3) is 4.01. The molecule has 19 heavy (non-hydrogen) atoms. The summed E-state index contributed by atoms with van der Waals surface area (Å²) in [6.07, 6.45) is 5.29. The number of pyridine rings is 1. The molecule has 1 aromatic heterocycles. The highest BCUT2D eigenvalue weighted by molar-refractivity contribution is 6.37. The molecule has 0 unspecified atom stereocenters. The van der Waals surface area contributed by atoms with E-state index in [0.29, 0.717) is 22.4 Å². The van der Waals surface area contributed by atoms with Crippen LogP contribution in [0, 0.1) is 0 Å². The van der Waals surface area contributed by atoms with Crippen LogP contribution in [-0.2, 0) is 6.42 Å². The fourth-order valence-electron chi connectivity index (χ4n) is 1.68. The van der Waals surface area contributed by atoms with E-state index in [0.717, 1.165) is 18.4 Å². The van der Waals surface area contributed by atoms with Crippen LogP contribution in [0.4, 0.5) is 0 Å². The van der Waals surface area contributed by atoms with E-state index >= 15 is 0 Å². The van der Waals surface area contributed by atoms with Crippen LogP contribution >= 0.6 is 23.2 Å². The molecule has 5 heteroatoms. The molecular weight excluding hydrogens is 285 g/mol. The van der Waals surface area contributed by atoms with Crippen molar-refractivity contribution >= 4 is 23.2 Å². The first-order chi connectivity index (χ1) is 9.16. The molecule has 2 aromatic rings. The quantitative estimate of drug-likeness (QED) is 0.845. The molecule has 0 aliphatic rings. The van der Waals surface area contributed by atoms with Crippen LogP contribution in [0.15, 0.2) is 36.7 Å². The Bertz CT molecular complexity index is 523. The number of hydrogen-bond donors (Lipinski definition) is 1. The lowest BCUT2D eigenvalue weighted by atomic mass is 10.2. The molecule has 0 atom stereocenters. The molecule has 1 heterocycles. The Balaban J connectivity index is 1.86. The number of nitrogens with zero attached hydrogens (tertiary/aromatic N) is 1. The Morgan fingerprint density at radius 1 is 1.21 bits per heavy atom. The highest BCUT2D eigenvalue weighted by Gasteiger charge is 2.09. The number of rotatable bonds is 5. The zero-order valence-electron chi connectivity index (χ0n) is 10.1. The number of ether oxygens (including phenoxy) is 1. The number of benzene rings is 1. The smallest absolute Gasteiger partial charge is 0.156 e. The second-order valence-corrected chi connectivity index (χ2v) is 4.87. The topological polar surface area (TPSA) is 42.4 Å². The molecule has 0 aliphatic carbocycles. The molecule has 0 bridgehead atoms. The van der Waals surface area contributed by atoms with Crippen LogP contribution in [0.25, 0.3) is 0 Å². The lowest BCUT2D eigenvalue weighted by Gasteiger charge is -2.10. The average Bonchev–Trinajstić information content (AvgIpc) is 2.38. The summed E-state index contributed by atoms with van der Waals surface area (Å²) in [7, 11) is 0. The van der Waals surface area contributed by atoms with E-state index in [1.165, 1.54) is 12.1 Å². The standard InChI is InChI=1S/C14H13Cl2NO2/c15-12-7-11(18)8-13(16)14(12)19-6-2-4-10-3-1-5-17-9-10/h1,3,5,7-9,18H,2,4,6H2. The summed E-state index contributed by atoms with van der Waals surface area (Å²) in [5.41, 5.74) is 1.16. The van der Waals surface area contributed by atoms with Crippen molar-refractivity contribution in [3.8, 4) is 11.5 Å². The van der Waals surface area contributed by atoms with Gasteiger partial charge >= 0.3 is 0 Å². The maximum atomic E-state index is 9.31. The van der Waals surface area contributed by atoms with Gasteiger partial charge in [-0.1, -0.05) is 29.3 Å². The van der Waals surface area contributed by atoms with Gasteiger partial charge in [0.1, 0.15) is 5.75 Å². The van der Waals surface area contributed by atoms with Gasteiger partial charge in [-0.2, -0.15) is 0 Å². The van der Waals surface area contributed by atoms with Crippen molar-refractivity contribution < 1.29 is 9.84 Å². The van der Waals surface area contributed by atoms with Gasteiger partial charge in [0.05, 0.1) is 16.7 Å². The molecular formula is C14H13Cl2NO2. The summed E-state index contributed by atoms with van der Waals surface area (Å²) in [6, 6.07) is 6.74. The van der Waals surface area contributed by atoms with Gasteiger partial charge in [0.15, 0.2) is 5.75 Å². The minimum Gasteiger partial charge on any atom is -0.508 e. The van der Waals surface area contributed by atoms with E-state index < -0.39 is 0 Å². The number of aryl methyl sites for hydroxylation is 1. The molecule has 0 saturated carbocycles. The van der Waals surface area contributed by atoms with Crippen molar-refractivity contribution in [2.75, 3.05) is 6.61 Å². The Morgan fingerprint density at radius 3 is 2.58 bits per heavy atom. The van der Waals surface area contributed by atoms with Crippen molar-refractivity contribution in [1.82, 2.24) is 4.98 Å². The first-order valence-corrected chi connectivity index (χ1v) is 6.62. The zero-order chi connectivity index (χ0) is 13.7. The van der Waals surface area contributed by atoms with Gasteiger partial charge in [-0.3, -0.25) is 4.98 Å². The van der Waals surface area contributed by atoms with Crippen molar-refractivity contribution in [3.05, 3.63) is 52.3 Å². The number of halogens is 2. The second-order valence-electron chi connectivity index (χ2n) is 4.05. The van der Waals surface area contributed by atoms with Crippen LogP contribution < -0.4 is 4.74 Å². The number of phenols is 1. The van der Waals surface area contributed by atoms with Crippen molar-refractivity contribution in [1.29, 1.82) is 0 Å². The first kappa shape index (κ1) is 14.0. The SMILES string of the molecule is Oc1cc(Cl)c(OCCCc2cccnc2)c(Cl)c1. The molecule has 100 valence electrons. The number of aromatic hydroxyl groups is 1. The number of hydrogen-bond acceptors (Lipinski definition) is 3. The van der Waals surface area contributed by atoms with Crippen molar-refractivity contribution in [3.63, 3.8) is 0 Å². The van der Waals surface area contributed by atoms with Crippen molar-refractivity contribution in [2.24, 2.45) is 0 Å². The highest BCUT2D eigenvalue weighted by atomic mass is 35.5. The molecule has 0 saturated heterocycles. The van der Waals surface area contributed by atoms with Crippen LogP contribution in [0.2, 0.25) is 10.0 Å². The van der Waals surface area contributed by atoms with Gasteiger partial charge in [-0.15, -0.1) is 0 Å². The Hall–Kier alpha value is -1.45. The van der Waals surface area contributed by atoms with Crippen molar-refractivity contribution in [2.45, 2.75) is 12.8 Å². The van der Waals surface area contributed by atoms with Crippen LogP contribution in [-0.4, -0.2) is 16.7 Å². The lowest BCUT2D eigenvalue weighted by Crippen LogP contribution is -2.00. The fraction of sp³-hybridized carbons (Fsp3) is 0.214. The molecule has 3 nitrogen and oxygen atoms in total. The molecule has 0 aliphatic heterocycles. The summed E-state index contributed by atoms with van der Waals surface area (Å²) in [6.45, 7) is 0.499.